The Morgan fingerprint density at radius 2 is 1.95 bits per heavy atom. The summed E-state index contributed by atoms with van der Waals surface area (Å²) in [5, 5.41) is 5.79. The minimum absolute atomic E-state index is 0.165. The van der Waals surface area contributed by atoms with E-state index in [4.69, 9.17) is 4.74 Å². The molecule has 0 saturated carbocycles. The zero-order valence-corrected chi connectivity index (χ0v) is 12.3. The molecule has 114 valence electrons. The molecule has 0 aliphatic rings. The van der Waals surface area contributed by atoms with Crippen molar-refractivity contribution in [2.45, 2.75) is 0 Å². The largest absolute Gasteiger partial charge is 0.496 e. The van der Waals surface area contributed by atoms with Gasteiger partial charge in [0.25, 0.3) is 0 Å². The number of carbonyl (C=O) groups excluding carboxylic acids is 1. The normalized spacial score (nSPS) is 10.4. The number of nitrogens with zero attached hydrogens (tertiary/aromatic N) is 2. The molecule has 0 aliphatic heterocycles. The number of aromatic nitrogens is 2. The smallest absolute Gasteiger partial charge is 0.244 e. The van der Waals surface area contributed by atoms with E-state index in [1.807, 2.05) is 24.3 Å². The molecule has 0 radical (unpaired) electrons. The van der Waals surface area contributed by atoms with Gasteiger partial charge in [-0.05, 0) is 18.2 Å². The van der Waals surface area contributed by atoms with Crippen LogP contribution in [0.5, 0.6) is 5.75 Å². The molecule has 1 heterocycles. The first-order chi connectivity index (χ1) is 10.8. The Kier molecular flexibility index (Phi) is 5.92. The fourth-order valence-corrected chi connectivity index (χ4v) is 1.78. The summed E-state index contributed by atoms with van der Waals surface area (Å²) in [7, 11) is 1.60. The summed E-state index contributed by atoms with van der Waals surface area (Å²) in [6, 6.07) is 9.26. The van der Waals surface area contributed by atoms with Crippen molar-refractivity contribution in [1.82, 2.24) is 15.3 Å². The summed E-state index contributed by atoms with van der Waals surface area (Å²) in [6.45, 7) is 1.03. The number of carbonyl (C=O) groups is 1. The Morgan fingerprint density at radius 1 is 1.18 bits per heavy atom. The van der Waals surface area contributed by atoms with Crippen LogP contribution in [0, 0.1) is 0 Å². The molecule has 0 spiro atoms. The first kappa shape index (κ1) is 15.5. The van der Waals surface area contributed by atoms with Crippen LogP contribution < -0.4 is 15.4 Å². The second-order valence-electron chi connectivity index (χ2n) is 4.37. The summed E-state index contributed by atoms with van der Waals surface area (Å²) < 4.78 is 5.22. The molecule has 0 atom stereocenters. The molecular formula is C16H18N4O2. The van der Waals surface area contributed by atoms with Gasteiger partial charge in [-0.15, -0.1) is 0 Å². The fourth-order valence-electron chi connectivity index (χ4n) is 1.78. The molecule has 2 aromatic rings. The third kappa shape index (κ3) is 4.90. The van der Waals surface area contributed by atoms with Gasteiger partial charge in [0.15, 0.2) is 0 Å². The molecule has 0 fully saturated rings. The molecule has 6 nitrogen and oxygen atoms in total. The highest BCUT2D eigenvalue weighted by Gasteiger charge is 1.99. The van der Waals surface area contributed by atoms with Crippen molar-refractivity contribution in [3.8, 4) is 5.75 Å². The van der Waals surface area contributed by atoms with E-state index in [0.717, 1.165) is 11.3 Å². The number of methoxy groups -OCH3 is 1. The van der Waals surface area contributed by atoms with E-state index >= 15 is 0 Å². The lowest BCUT2D eigenvalue weighted by Gasteiger charge is -2.05. The van der Waals surface area contributed by atoms with Crippen LogP contribution in [0.2, 0.25) is 0 Å². The molecule has 0 unspecified atom stereocenters. The molecule has 0 aliphatic carbocycles. The van der Waals surface area contributed by atoms with Gasteiger partial charge in [-0.25, -0.2) is 9.97 Å². The zero-order valence-electron chi connectivity index (χ0n) is 12.3. The topological polar surface area (TPSA) is 76.1 Å². The second kappa shape index (κ2) is 8.41. The molecule has 1 aromatic carbocycles. The van der Waals surface area contributed by atoms with Crippen LogP contribution in [0.15, 0.2) is 48.8 Å². The summed E-state index contributed by atoms with van der Waals surface area (Å²) >= 11 is 0. The van der Waals surface area contributed by atoms with Gasteiger partial charge >= 0.3 is 0 Å². The van der Waals surface area contributed by atoms with Crippen LogP contribution in [0.1, 0.15) is 5.56 Å². The number of benzene rings is 1. The quantitative estimate of drug-likeness (QED) is 0.601. The Labute approximate surface area is 129 Å². The van der Waals surface area contributed by atoms with Gasteiger partial charge in [0.2, 0.25) is 11.9 Å². The summed E-state index contributed by atoms with van der Waals surface area (Å²) in [6.07, 6.45) is 6.52. The third-order valence-corrected chi connectivity index (χ3v) is 2.83. The van der Waals surface area contributed by atoms with Crippen LogP contribution in [-0.2, 0) is 4.79 Å². The third-order valence-electron chi connectivity index (χ3n) is 2.83. The minimum atomic E-state index is -0.165. The van der Waals surface area contributed by atoms with E-state index in [-0.39, 0.29) is 5.91 Å². The van der Waals surface area contributed by atoms with Gasteiger partial charge in [-0.3, -0.25) is 4.79 Å². The van der Waals surface area contributed by atoms with Crippen LogP contribution in [-0.4, -0.2) is 36.1 Å². The number of rotatable bonds is 7. The van der Waals surface area contributed by atoms with Crippen molar-refractivity contribution < 1.29 is 9.53 Å². The molecule has 2 N–H and O–H groups in total. The Bertz CT molecular complexity index is 629. The fraction of sp³-hybridized carbons (Fsp3) is 0.188. The van der Waals surface area contributed by atoms with Gasteiger partial charge < -0.3 is 15.4 Å². The number of amides is 1. The summed E-state index contributed by atoms with van der Waals surface area (Å²) in [5.74, 6) is 1.11. The molecular weight excluding hydrogens is 280 g/mol. The van der Waals surface area contributed by atoms with Crippen LogP contribution in [0.3, 0.4) is 0 Å². The first-order valence-electron chi connectivity index (χ1n) is 6.89. The van der Waals surface area contributed by atoms with Gasteiger partial charge in [-0.2, -0.15) is 0 Å². The van der Waals surface area contributed by atoms with Gasteiger partial charge in [0.1, 0.15) is 5.75 Å². The van der Waals surface area contributed by atoms with E-state index in [1.165, 1.54) is 6.08 Å². The molecule has 0 bridgehead atoms. The van der Waals surface area contributed by atoms with Crippen molar-refractivity contribution in [3.63, 3.8) is 0 Å². The molecule has 0 saturated heterocycles. The van der Waals surface area contributed by atoms with Crippen LogP contribution in [0.4, 0.5) is 5.95 Å². The maximum Gasteiger partial charge on any atom is 0.244 e. The number of nitrogens with one attached hydrogen (secondary N) is 2. The Balaban J connectivity index is 1.75. The minimum Gasteiger partial charge on any atom is -0.496 e. The summed E-state index contributed by atoms with van der Waals surface area (Å²) in [5.41, 5.74) is 0.857. The highest BCUT2D eigenvalue weighted by atomic mass is 16.5. The molecule has 22 heavy (non-hydrogen) atoms. The van der Waals surface area contributed by atoms with Gasteiger partial charge in [0.05, 0.1) is 7.11 Å². The standard InChI is InChI=1S/C16H18N4O2/c1-22-14-6-3-2-5-13(14)7-8-15(21)17-11-12-20-16-18-9-4-10-19-16/h2-10H,11-12H2,1H3,(H,17,21)(H,18,19,20)/b8-7+. The summed E-state index contributed by atoms with van der Waals surface area (Å²) in [4.78, 5) is 19.8. The second-order valence-corrected chi connectivity index (χ2v) is 4.37. The monoisotopic (exact) mass is 298 g/mol. The number of hydrogen-bond donors (Lipinski definition) is 2. The zero-order chi connectivity index (χ0) is 15.6. The highest BCUT2D eigenvalue weighted by Crippen LogP contribution is 2.18. The maximum absolute atomic E-state index is 11.7. The lowest BCUT2D eigenvalue weighted by Crippen LogP contribution is -2.27. The molecule has 6 heteroatoms. The maximum atomic E-state index is 11.7. The van der Waals surface area contributed by atoms with E-state index in [1.54, 1.807) is 31.6 Å². The SMILES string of the molecule is COc1ccccc1/C=C/C(=O)NCCNc1ncccn1. The molecule has 1 amide bonds. The van der Waals surface area contributed by atoms with Crippen molar-refractivity contribution in [1.29, 1.82) is 0 Å². The lowest BCUT2D eigenvalue weighted by molar-refractivity contribution is -0.116. The van der Waals surface area contributed by atoms with Crippen molar-refractivity contribution in [3.05, 3.63) is 54.4 Å². The Morgan fingerprint density at radius 3 is 2.73 bits per heavy atom. The number of para-hydroxylation sites is 1. The van der Waals surface area contributed by atoms with Crippen molar-refractivity contribution in [2.24, 2.45) is 0 Å². The first-order valence-corrected chi connectivity index (χ1v) is 6.89. The average molecular weight is 298 g/mol. The van der Waals surface area contributed by atoms with Gasteiger partial charge in [-0.1, -0.05) is 18.2 Å². The van der Waals surface area contributed by atoms with Crippen LogP contribution >= 0.6 is 0 Å². The molecule has 2 rings (SSSR count). The predicted molar refractivity (Wildman–Crippen MR) is 85.6 cm³/mol. The number of anilines is 1. The lowest BCUT2D eigenvalue weighted by atomic mass is 10.2. The average Bonchev–Trinajstić information content (AvgIpc) is 2.58. The number of hydrogen-bond acceptors (Lipinski definition) is 5. The molecule has 1 aromatic heterocycles. The van der Waals surface area contributed by atoms with Crippen LogP contribution in [0.25, 0.3) is 6.08 Å². The highest BCUT2D eigenvalue weighted by molar-refractivity contribution is 5.92. The Hall–Kier alpha value is -2.89. The van der Waals surface area contributed by atoms with Crippen molar-refractivity contribution >= 4 is 17.9 Å². The van der Waals surface area contributed by atoms with E-state index in [2.05, 4.69) is 20.6 Å². The number of ether oxygens (including phenoxy) is 1. The van der Waals surface area contributed by atoms with E-state index in [0.29, 0.717) is 19.0 Å². The van der Waals surface area contributed by atoms with E-state index < -0.39 is 0 Å². The van der Waals surface area contributed by atoms with Crippen molar-refractivity contribution in [2.75, 3.05) is 25.5 Å². The van der Waals surface area contributed by atoms with Gasteiger partial charge in [0, 0.05) is 37.1 Å². The predicted octanol–water partition coefficient (Wildman–Crippen LogP) is 1.73. The van der Waals surface area contributed by atoms with E-state index in [9.17, 15) is 4.79 Å².